The number of thiazole rings is 2. The summed E-state index contributed by atoms with van der Waals surface area (Å²) in [6.45, 7) is 6.96. The van der Waals surface area contributed by atoms with Gasteiger partial charge in [0, 0.05) is 67.2 Å². The molecule has 3 aliphatic rings. The number of anilines is 2. The highest BCUT2D eigenvalue weighted by Gasteiger charge is 2.33. The van der Waals surface area contributed by atoms with Gasteiger partial charge in [-0.05, 0) is 92.7 Å². The van der Waals surface area contributed by atoms with E-state index in [4.69, 9.17) is 9.47 Å². The Labute approximate surface area is 332 Å². The lowest BCUT2D eigenvalue weighted by molar-refractivity contribution is -0.143. The van der Waals surface area contributed by atoms with Crippen molar-refractivity contribution in [1.29, 1.82) is 0 Å². The quantitative estimate of drug-likeness (QED) is 0.111. The molecule has 296 valence electrons. The van der Waals surface area contributed by atoms with Gasteiger partial charge in [0.25, 0.3) is 11.8 Å². The topological polar surface area (TPSA) is 192 Å². The molecule has 2 fully saturated rings. The highest BCUT2D eigenvalue weighted by Crippen LogP contribution is 2.38. The molecule has 0 radical (unpaired) electrons. The molecule has 14 nitrogen and oxygen atoms in total. The number of carboxylic acid groups (broad SMARTS) is 2. The first-order valence-electron chi connectivity index (χ1n) is 18.9. The van der Waals surface area contributed by atoms with Gasteiger partial charge in [-0.2, -0.15) is 0 Å². The third-order valence-corrected chi connectivity index (χ3v) is 13.1. The number of carbonyl (C=O) groups excluding carboxylic acids is 2. The maximum Gasteiger partial charge on any atom is 0.320 e. The fourth-order valence-electron chi connectivity index (χ4n) is 7.77. The minimum Gasteiger partial charge on any atom is -0.480 e. The van der Waals surface area contributed by atoms with Crippen molar-refractivity contribution in [2.45, 2.75) is 71.1 Å². The SMILES string of the molecule is Cc1nc(C(=O)Nc2cccc(-c3cccc4c3CCN4C(=O)c3nc(C)c(CN[C@H](C(=O)O)C4CCOCC4)s3)c2)sc1CN[C@H](C(=O)O)C1CCOCC1. The minimum atomic E-state index is -0.896. The van der Waals surface area contributed by atoms with Crippen LogP contribution in [0.1, 0.15) is 72.0 Å². The summed E-state index contributed by atoms with van der Waals surface area (Å²) in [6.07, 6.45) is 3.38. The number of benzene rings is 2. The summed E-state index contributed by atoms with van der Waals surface area (Å²) < 4.78 is 10.8. The molecule has 2 atom stereocenters. The van der Waals surface area contributed by atoms with Crippen LogP contribution in [-0.2, 0) is 38.6 Å². The predicted octanol–water partition coefficient (Wildman–Crippen LogP) is 5.28. The molecular formula is C40H46N6O8S2. The summed E-state index contributed by atoms with van der Waals surface area (Å²) in [5.74, 6) is -2.38. The normalized spacial score (nSPS) is 17.4. The average molecular weight is 803 g/mol. The van der Waals surface area contributed by atoms with E-state index in [9.17, 15) is 29.4 Å². The number of carbonyl (C=O) groups is 4. The first-order valence-corrected chi connectivity index (χ1v) is 20.6. The Morgan fingerprint density at radius 1 is 0.804 bits per heavy atom. The van der Waals surface area contributed by atoms with Crippen molar-refractivity contribution in [2.75, 3.05) is 43.2 Å². The molecule has 2 aromatic carbocycles. The Kier molecular flexibility index (Phi) is 12.5. The molecule has 0 bridgehead atoms. The molecule has 7 rings (SSSR count). The lowest BCUT2D eigenvalue weighted by Crippen LogP contribution is -2.44. The van der Waals surface area contributed by atoms with E-state index in [1.54, 1.807) is 4.90 Å². The number of hydrogen-bond acceptors (Lipinski definition) is 12. The number of amides is 2. The number of carboxylic acids is 2. The lowest BCUT2D eigenvalue weighted by Gasteiger charge is -2.28. The Hall–Kier alpha value is -4.58. The van der Waals surface area contributed by atoms with Crippen LogP contribution < -0.4 is 20.9 Å². The first kappa shape index (κ1) is 39.6. The molecule has 0 unspecified atom stereocenters. The van der Waals surface area contributed by atoms with Crippen LogP contribution in [0.3, 0.4) is 0 Å². The summed E-state index contributed by atoms with van der Waals surface area (Å²) in [7, 11) is 0. The van der Waals surface area contributed by atoms with E-state index in [0.29, 0.717) is 100 Å². The minimum absolute atomic E-state index is 0.0183. The Bertz CT molecular complexity index is 2090. The fourth-order valence-corrected chi connectivity index (χ4v) is 9.64. The van der Waals surface area contributed by atoms with Gasteiger partial charge < -0.3 is 29.9 Å². The average Bonchev–Trinajstić information content (AvgIpc) is 3.92. The van der Waals surface area contributed by atoms with Crippen LogP contribution in [0.2, 0.25) is 0 Å². The van der Waals surface area contributed by atoms with Gasteiger partial charge in [0.05, 0.1) is 11.4 Å². The van der Waals surface area contributed by atoms with Gasteiger partial charge in [-0.25, -0.2) is 9.97 Å². The van der Waals surface area contributed by atoms with Crippen LogP contribution >= 0.6 is 22.7 Å². The van der Waals surface area contributed by atoms with Gasteiger partial charge in [0.1, 0.15) is 12.1 Å². The number of aromatic nitrogens is 2. The standard InChI is InChI=1S/C40H46N6O8S2/c1-22-31(20-41-33(39(49)50)24-10-15-53-16-11-24)55-36(43-22)35(47)45-27-6-3-5-26(19-27)28-7-4-8-30-29(28)9-14-46(30)38(48)37-44-23(2)32(56-37)21-42-34(40(51)52)25-12-17-54-18-13-25/h3-8,19,24-25,33-34,41-42H,9-18,20-21H2,1-2H3,(H,45,47)(H,49,50)(H,51,52)/t33-,34-/m0/s1. The summed E-state index contributed by atoms with van der Waals surface area (Å²) in [5, 5.41) is 29.7. The summed E-state index contributed by atoms with van der Waals surface area (Å²) >= 11 is 2.53. The van der Waals surface area contributed by atoms with Crippen LogP contribution in [0.5, 0.6) is 0 Å². The Morgan fingerprint density at radius 3 is 1.95 bits per heavy atom. The van der Waals surface area contributed by atoms with Crippen molar-refractivity contribution < 1.29 is 38.9 Å². The van der Waals surface area contributed by atoms with Crippen molar-refractivity contribution in [1.82, 2.24) is 20.6 Å². The van der Waals surface area contributed by atoms with Crippen molar-refractivity contribution in [3.63, 3.8) is 0 Å². The molecule has 5 N–H and O–H groups in total. The molecule has 0 aliphatic carbocycles. The van der Waals surface area contributed by atoms with E-state index in [-0.39, 0.29) is 28.7 Å². The van der Waals surface area contributed by atoms with Crippen LogP contribution in [0, 0.1) is 25.7 Å². The number of aliphatic carboxylic acids is 2. The van der Waals surface area contributed by atoms with Crippen LogP contribution in [0.25, 0.3) is 11.1 Å². The zero-order chi connectivity index (χ0) is 39.3. The van der Waals surface area contributed by atoms with E-state index in [1.165, 1.54) is 22.7 Å². The van der Waals surface area contributed by atoms with Gasteiger partial charge in [0.15, 0.2) is 10.0 Å². The summed E-state index contributed by atoms with van der Waals surface area (Å²) in [5.41, 5.74) is 5.64. The molecule has 3 aliphatic heterocycles. The molecule has 16 heteroatoms. The third-order valence-electron chi connectivity index (χ3n) is 10.8. The van der Waals surface area contributed by atoms with Gasteiger partial charge in [-0.15, -0.1) is 22.7 Å². The molecule has 0 saturated carbocycles. The molecular weight excluding hydrogens is 757 g/mol. The largest absolute Gasteiger partial charge is 0.480 e. The highest BCUT2D eigenvalue weighted by atomic mass is 32.1. The lowest BCUT2D eigenvalue weighted by atomic mass is 9.92. The van der Waals surface area contributed by atoms with Crippen molar-refractivity contribution in [3.05, 3.63) is 79.2 Å². The number of nitrogens with zero attached hydrogens (tertiary/aromatic N) is 3. The van der Waals surface area contributed by atoms with Crippen LogP contribution in [-0.4, -0.2) is 89.0 Å². The van der Waals surface area contributed by atoms with Gasteiger partial charge in [-0.3, -0.25) is 29.8 Å². The molecule has 56 heavy (non-hydrogen) atoms. The van der Waals surface area contributed by atoms with Crippen LogP contribution in [0.15, 0.2) is 42.5 Å². The number of fused-ring (bicyclic) bond motifs is 1. The van der Waals surface area contributed by atoms with Crippen molar-refractivity contribution >= 4 is 57.8 Å². The summed E-state index contributed by atoms with van der Waals surface area (Å²) in [6, 6.07) is 12.0. The number of rotatable bonds is 14. The van der Waals surface area contributed by atoms with Crippen LogP contribution in [0.4, 0.5) is 11.4 Å². The zero-order valence-corrected chi connectivity index (χ0v) is 33.0. The van der Waals surface area contributed by atoms with E-state index in [2.05, 4.69) is 25.9 Å². The number of nitrogens with one attached hydrogen (secondary N) is 3. The van der Waals surface area contributed by atoms with Gasteiger partial charge in [0.2, 0.25) is 0 Å². The molecule has 0 spiro atoms. The van der Waals surface area contributed by atoms with Gasteiger partial charge in [-0.1, -0.05) is 24.3 Å². The van der Waals surface area contributed by atoms with E-state index in [1.807, 2.05) is 56.3 Å². The fraction of sp³-hybridized carbons (Fsp3) is 0.450. The molecule has 5 heterocycles. The number of aryl methyl sites for hydroxylation is 2. The van der Waals surface area contributed by atoms with E-state index < -0.39 is 24.0 Å². The second-order valence-corrected chi connectivity index (χ2v) is 16.6. The number of hydrogen-bond donors (Lipinski definition) is 5. The molecule has 2 saturated heterocycles. The Balaban J connectivity index is 1.01. The van der Waals surface area contributed by atoms with Gasteiger partial charge >= 0.3 is 11.9 Å². The third kappa shape index (κ3) is 8.85. The summed E-state index contributed by atoms with van der Waals surface area (Å²) in [4.78, 5) is 63.8. The zero-order valence-electron chi connectivity index (χ0n) is 31.3. The van der Waals surface area contributed by atoms with E-state index >= 15 is 0 Å². The number of ether oxygens (including phenoxy) is 2. The van der Waals surface area contributed by atoms with Crippen molar-refractivity contribution in [2.24, 2.45) is 11.8 Å². The molecule has 2 aromatic heterocycles. The maximum atomic E-state index is 13.9. The molecule has 2 amide bonds. The van der Waals surface area contributed by atoms with Crippen molar-refractivity contribution in [3.8, 4) is 11.1 Å². The first-order chi connectivity index (χ1) is 27.1. The second kappa shape index (κ2) is 17.7. The Morgan fingerprint density at radius 2 is 1.36 bits per heavy atom. The second-order valence-electron chi connectivity index (χ2n) is 14.4. The monoisotopic (exact) mass is 802 g/mol. The smallest absolute Gasteiger partial charge is 0.320 e. The predicted molar refractivity (Wildman–Crippen MR) is 213 cm³/mol. The molecule has 4 aromatic rings. The van der Waals surface area contributed by atoms with E-state index in [0.717, 1.165) is 32.1 Å². The highest BCUT2D eigenvalue weighted by molar-refractivity contribution is 7.14. The maximum absolute atomic E-state index is 13.9.